The topological polar surface area (TPSA) is 117 Å². The number of aromatic nitrogens is 3. The van der Waals surface area contributed by atoms with E-state index < -0.39 is 0 Å². The largest absolute Gasteiger partial charge is 0.374 e. The maximum Gasteiger partial charge on any atom is 0.271 e. The van der Waals surface area contributed by atoms with Crippen LogP contribution in [0, 0.1) is 0 Å². The Morgan fingerprint density at radius 1 is 1.42 bits per heavy atom. The van der Waals surface area contributed by atoms with E-state index in [4.69, 9.17) is 5.73 Å². The van der Waals surface area contributed by atoms with Crippen molar-refractivity contribution in [1.82, 2.24) is 19.9 Å². The normalized spacial score (nSPS) is 14.5. The molecule has 136 valence electrons. The van der Waals surface area contributed by atoms with Gasteiger partial charge in [0.05, 0.1) is 11.7 Å². The highest BCUT2D eigenvalue weighted by Gasteiger charge is 2.29. The number of hydrogen-bond donors (Lipinski definition) is 3. The summed E-state index contributed by atoms with van der Waals surface area (Å²) in [7, 11) is 0. The van der Waals surface area contributed by atoms with E-state index in [1.54, 1.807) is 23.2 Å². The minimum Gasteiger partial charge on any atom is -0.374 e. The summed E-state index contributed by atoms with van der Waals surface area (Å²) >= 11 is 0. The average molecular weight is 354 g/mol. The van der Waals surface area contributed by atoms with Crippen molar-refractivity contribution in [2.24, 2.45) is 5.73 Å². The first-order valence-corrected chi connectivity index (χ1v) is 8.56. The Kier molecular flexibility index (Phi) is 5.43. The van der Waals surface area contributed by atoms with Gasteiger partial charge in [0.2, 0.25) is 5.91 Å². The Balaban J connectivity index is 1.69. The maximum atomic E-state index is 12.1. The van der Waals surface area contributed by atoms with Gasteiger partial charge < -0.3 is 20.9 Å². The molecular formula is C18H22N6O2. The van der Waals surface area contributed by atoms with Crippen LogP contribution in [0.3, 0.4) is 0 Å². The summed E-state index contributed by atoms with van der Waals surface area (Å²) < 4.78 is 0. The summed E-state index contributed by atoms with van der Waals surface area (Å²) in [6, 6.07) is 3.72. The van der Waals surface area contributed by atoms with Crippen molar-refractivity contribution >= 4 is 11.6 Å². The molecule has 26 heavy (non-hydrogen) atoms. The molecule has 1 aliphatic rings. The Bertz CT molecular complexity index is 870. The number of hydrogen-bond acceptors (Lipinski definition) is 6. The predicted molar refractivity (Wildman–Crippen MR) is 99.7 cm³/mol. The molecule has 1 fully saturated rings. The van der Waals surface area contributed by atoms with Crippen LogP contribution in [0.25, 0.3) is 11.3 Å². The van der Waals surface area contributed by atoms with Crippen LogP contribution in [-0.2, 0) is 11.2 Å². The lowest BCUT2D eigenvalue weighted by molar-refractivity contribution is -0.129. The van der Waals surface area contributed by atoms with E-state index >= 15 is 0 Å². The van der Waals surface area contributed by atoms with Crippen LogP contribution in [0.4, 0.5) is 5.69 Å². The van der Waals surface area contributed by atoms with Crippen LogP contribution in [0.2, 0.25) is 0 Å². The van der Waals surface area contributed by atoms with Gasteiger partial charge in [0, 0.05) is 43.2 Å². The number of nitrogens with one attached hydrogen (secondary N) is 2. The number of carbonyl (C=O) groups excluding carboxylic acids is 1. The number of pyridine rings is 1. The Morgan fingerprint density at radius 2 is 2.23 bits per heavy atom. The van der Waals surface area contributed by atoms with E-state index in [2.05, 4.69) is 20.3 Å². The summed E-state index contributed by atoms with van der Waals surface area (Å²) in [5.41, 5.74) is 8.11. The second kappa shape index (κ2) is 7.92. The van der Waals surface area contributed by atoms with Gasteiger partial charge in [0.25, 0.3) is 5.56 Å². The molecule has 4 N–H and O–H groups in total. The first-order valence-electron chi connectivity index (χ1n) is 8.56. The second-order valence-corrected chi connectivity index (χ2v) is 6.10. The van der Waals surface area contributed by atoms with E-state index in [1.807, 2.05) is 13.0 Å². The summed E-state index contributed by atoms with van der Waals surface area (Å²) in [4.78, 5) is 36.8. The molecule has 3 heterocycles. The molecule has 1 aliphatic heterocycles. The third kappa shape index (κ3) is 3.97. The van der Waals surface area contributed by atoms with Crippen LogP contribution in [0.1, 0.15) is 12.6 Å². The number of aryl methyl sites for hydroxylation is 1. The number of amides is 1. The third-order valence-corrected chi connectivity index (χ3v) is 4.23. The Hall–Kier alpha value is -3.00. The van der Waals surface area contributed by atoms with Crippen LogP contribution >= 0.6 is 0 Å². The van der Waals surface area contributed by atoms with Crippen LogP contribution in [0.5, 0.6) is 0 Å². The molecule has 0 bridgehead atoms. The average Bonchev–Trinajstić information content (AvgIpc) is 2.63. The van der Waals surface area contributed by atoms with Gasteiger partial charge in [-0.05, 0) is 18.6 Å². The van der Waals surface area contributed by atoms with E-state index in [1.165, 1.54) is 12.4 Å². The minimum absolute atomic E-state index is 0.0400. The molecule has 0 aliphatic carbocycles. The molecule has 0 atom stereocenters. The maximum absolute atomic E-state index is 12.1. The van der Waals surface area contributed by atoms with E-state index in [9.17, 15) is 9.59 Å². The molecule has 2 aromatic rings. The van der Waals surface area contributed by atoms with E-state index in [0.29, 0.717) is 25.3 Å². The van der Waals surface area contributed by atoms with E-state index in [0.717, 1.165) is 23.4 Å². The number of rotatable bonds is 6. The van der Waals surface area contributed by atoms with Crippen molar-refractivity contribution in [2.75, 3.05) is 25.0 Å². The molecule has 0 saturated carbocycles. The van der Waals surface area contributed by atoms with Gasteiger partial charge >= 0.3 is 0 Å². The highest BCUT2D eigenvalue weighted by Crippen LogP contribution is 2.20. The zero-order valence-electron chi connectivity index (χ0n) is 14.6. The van der Waals surface area contributed by atoms with Crippen molar-refractivity contribution < 1.29 is 4.79 Å². The first-order chi connectivity index (χ1) is 12.6. The number of H-pyrrole nitrogens is 1. The van der Waals surface area contributed by atoms with Gasteiger partial charge in [0.1, 0.15) is 12.0 Å². The standard InChI is InChI=1S/C18H22N6O2/c1-2-13-7-15(22-11-21-13)12-6-16(18(26)20-8-12)23-14-9-24(10-14)17(25)4-3-5-19/h3-4,6-8,11,14,23H,2,5,9-10,19H2,1H3,(H,20,26)/b4-3+. The minimum atomic E-state index is -0.202. The van der Waals surface area contributed by atoms with Gasteiger partial charge in [-0.3, -0.25) is 9.59 Å². The van der Waals surface area contributed by atoms with Crippen LogP contribution in [-0.4, -0.2) is 51.4 Å². The fourth-order valence-electron chi connectivity index (χ4n) is 2.73. The number of anilines is 1. The highest BCUT2D eigenvalue weighted by atomic mass is 16.2. The van der Waals surface area contributed by atoms with Crippen molar-refractivity contribution in [1.29, 1.82) is 0 Å². The highest BCUT2D eigenvalue weighted by molar-refractivity contribution is 5.88. The molecule has 8 nitrogen and oxygen atoms in total. The van der Waals surface area contributed by atoms with Gasteiger partial charge in [-0.25, -0.2) is 9.97 Å². The summed E-state index contributed by atoms with van der Waals surface area (Å²) in [5.74, 6) is -0.0655. The fourth-order valence-corrected chi connectivity index (χ4v) is 2.73. The van der Waals surface area contributed by atoms with E-state index in [-0.39, 0.29) is 17.5 Å². The molecule has 0 aromatic carbocycles. The quantitative estimate of drug-likeness (QED) is 0.652. The van der Waals surface area contributed by atoms with Gasteiger partial charge in [0.15, 0.2) is 0 Å². The summed E-state index contributed by atoms with van der Waals surface area (Å²) in [6.07, 6.45) is 7.09. The molecular weight excluding hydrogens is 332 g/mol. The lowest BCUT2D eigenvalue weighted by atomic mass is 10.1. The predicted octanol–water partition coefficient (Wildman–Crippen LogP) is 0.532. The SMILES string of the molecule is CCc1cc(-c2c[nH]c(=O)c(NC3CN(C(=O)/C=C/CN)C3)c2)ncn1. The number of likely N-dealkylation sites (tertiary alicyclic amines) is 1. The van der Waals surface area contributed by atoms with Crippen molar-refractivity contribution in [3.05, 3.63) is 52.9 Å². The monoisotopic (exact) mass is 354 g/mol. The first kappa shape index (κ1) is 17.8. The molecule has 1 saturated heterocycles. The van der Waals surface area contributed by atoms with Gasteiger partial charge in [-0.1, -0.05) is 13.0 Å². The lowest BCUT2D eigenvalue weighted by Crippen LogP contribution is -2.57. The van der Waals surface area contributed by atoms with Crippen LogP contribution < -0.4 is 16.6 Å². The smallest absolute Gasteiger partial charge is 0.271 e. The molecule has 0 spiro atoms. The van der Waals surface area contributed by atoms with Crippen LogP contribution in [0.15, 0.2) is 41.6 Å². The lowest BCUT2D eigenvalue weighted by Gasteiger charge is -2.39. The zero-order valence-corrected chi connectivity index (χ0v) is 14.6. The number of nitrogens with two attached hydrogens (primary N) is 1. The number of aromatic amines is 1. The molecule has 8 heteroatoms. The van der Waals surface area contributed by atoms with Crippen molar-refractivity contribution in [2.45, 2.75) is 19.4 Å². The van der Waals surface area contributed by atoms with Crippen molar-refractivity contribution in [3.63, 3.8) is 0 Å². The Labute approximate surface area is 151 Å². The Morgan fingerprint density at radius 3 is 2.96 bits per heavy atom. The third-order valence-electron chi connectivity index (χ3n) is 4.23. The molecule has 0 unspecified atom stereocenters. The van der Waals surface area contributed by atoms with Crippen molar-refractivity contribution in [3.8, 4) is 11.3 Å². The molecule has 0 radical (unpaired) electrons. The number of carbonyl (C=O) groups is 1. The molecule has 2 aromatic heterocycles. The summed E-state index contributed by atoms with van der Waals surface area (Å²) in [6.45, 7) is 3.46. The number of nitrogens with zero attached hydrogens (tertiary/aromatic N) is 3. The fraction of sp³-hybridized carbons (Fsp3) is 0.333. The van der Waals surface area contributed by atoms with Gasteiger partial charge in [-0.2, -0.15) is 0 Å². The van der Waals surface area contributed by atoms with Gasteiger partial charge in [-0.15, -0.1) is 0 Å². The second-order valence-electron chi connectivity index (χ2n) is 6.10. The molecule has 1 amide bonds. The summed E-state index contributed by atoms with van der Waals surface area (Å²) in [5, 5.41) is 3.20. The molecule has 3 rings (SSSR count). The zero-order chi connectivity index (χ0) is 18.5.